The van der Waals surface area contributed by atoms with Crippen molar-refractivity contribution in [2.45, 2.75) is 31.9 Å². The summed E-state index contributed by atoms with van der Waals surface area (Å²) in [7, 11) is 0. The van der Waals surface area contributed by atoms with Gasteiger partial charge in [-0.3, -0.25) is 4.79 Å². The SMILES string of the molecule is Cc1ccc(-c2ccc(C(=O)N[C@@H]3C[C@H]4OCC[C@@H]34)cc2)o1. The third kappa shape index (κ3) is 2.33. The van der Waals surface area contributed by atoms with Crippen molar-refractivity contribution in [1.29, 1.82) is 0 Å². The maximum Gasteiger partial charge on any atom is 0.251 e. The van der Waals surface area contributed by atoms with E-state index in [0.717, 1.165) is 36.5 Å². The summed E-state index contributed by atoms with van der Waals surface area (Å²) in [4.78, 5) is 12.3. The van der Waals surface area contributed by atoms with E-state index in [-0.39, 0.29) is 11.9 Å². The summed E-state index contributed by atoms with van der Waals surface area (Å²) in [6.45, 7) is 2.75. The zero-order chi connectivity index (χ0) is 15.1. The minimum absolute atomic E-state index is 0.00229. The van der Waals surface area contributed by atoms with Crippen LogP contribution in [0, 0.1) is 12.8 Å². The van der Waals surface area contributed by atoms with E-state index in [9.17, 15) is 4.79 Å². The molecular formula is C18H19NO3. The first-order chi connectivity index (χ1) is 10.7. The standard InChI is InChI=1S/C18H19NO3/c1-11-2-7-16(22-11)12-3-5-13(6-4-12)18(20)19-15-10-17-14(15)8-9-21-17/h2-7,14-15,17H,8-10H2,1H3,(H,19,20)/t14-,15+,17+/m0/s1. The highest BCUT2D eigenvalue weighted by molar-refractivity contribution is 5.94. The van der Waals surface area contributed by atoms with Gasteiger partial charge in [-0.05, 0) is 44.0 Å². The molecule has 4 rings (SSSR count). The zero-order valence-corrected chi connectivity index (χ0v) is 12.5. The Labute approximate surface area is 129 Å². The number of aryl methyl sites for hydroxylation is 1. The molecule has 1 saturated carbocycles. The van der Waals surface area contributed by atoms with Crippen molar-refractivity contribution in [3.63, 3.8) is 0 Å². The number of carbonyl (C=O) groups excluding carboxylic acids is 1. The monoisotopic (exact) mass is 297 g/mol. The molecule has 2 aromatic rings. The molecule has 1 amide bonds. The number of amides is 1. The van der Waals surface area contributed by atoms with Crippen molar-refractivity contribution < 1.29 is 13.9 Å². The van der Waals surface area contributed by atoms with E-state index >= 15 is 0 Å². The van der Waals surface area contributed by atoms with E-state index in [4.69, 9.17) is 9.15 Å². The Morgan fingerprint density at radius 1 is 1.18 bits per heavy atom. The third-order valence-corrected chi connectivity index (χ3v) is 4.75. The molecule has 2 heterocycles. The molecule has 2 fully saturated rings. The minimum atomic E-state index is -0.00229. The molecule has 3 atom stereocenters. The number of rotatable bonds is 3. The Hall–Kier alpha value is -2.07. The number of nitrogens with one attached hydrogen (secondary N) is 1. The van der Waals surface area contributed by atoms with Gasteiger partial charge in [-0.1, -0.05) is 12.1 Å². The van der Waals surface area contributed by atoms with E-state index < -0.39 is 0 Å². The van der Waals surface area contributed by atoms with Gasteiger partial charge in [0.1, 0.15) is 11.5 Å². The quantitative estimate of drug-likeness (QED) is 0.946. The summed E-state index contributed by atoms with van der Waals surface area (Å²) in [5.41, 5.74) is 1.67. The highest BCUT2D eigenvalue weighted by atomic mass is 16.5. The lowest BCUT2D eigenvalue weighted by Crippen LogP contribution is -2.53. The first-order valence-corrected chi connectivity index (χ1v) is 7.80. The van der Waals surface area contributed by atoms with Gasteiger partial charge in [0.2, 0.25) is 0 Å². The van der Waals surface area contributed by atoms with Crippen molar-refractivity contribution in [3.05, 3.63) is 47.7 Å². The second-order valence-corrected chi connectivity index (χ2v) is 6.17. The van der Waals surface area contributed by atoms with Crippen LogP contribution in [0.4, 0.5) is 0 Å². The van der Waals surface area contributed by atoms with Crippen molar-refractivity contribution >= 4 is 5.91 Å². The summed E-state index contributed by atoms with van der Waals surface area (Å²) in [6.07, 6.45) is 2.38. The first kappa shape index (κ1) is 13.6. The van der Waals surface area contributed by atoms with Crippen LogP contribution in [0.2, 0.25) is 0 Å². The highest BCUT2D eigenvalue weighted by Gasteiger charge is 2.45. The molecule has 22 heavy (non-hydrogen) atoms. The minimum Gasteiger partial charge on any atom is -0.461 e. The third-order valence-electron chi connectivity index (χ3n) is 4.75. The smallest absolute Gasteiger partial charge is 0.251 e. The van der Waals surface area contributed by atoms with Crippen LogP contribution in [0.1, 0.15) is 29.0 Å². The van der Waals surface area contributed by atoms with Gasteiger partial charge in [0.25, 0.3) is 5.91 Å². The molecule has 0 spiro atoms. The van der Waals surface area contributed by atoms with Gasteiger partial charge >= 0.3 is 0 Å². The van der Waals surface area contributed by atoms with Gasteiger partial charge in [-0.2, -0.15) is 0 Å². The molecule has 0 bridgehead atoms. The highest BCUT2D eigenvalue weighted by Crippen LogP contribution is 2.38. The summed E-state index contributed by atoms with van der Waals surface area (Å²) < 4.78 is 11.2. The molecule has 1 aliphatic carbocycles. The fraction of sp³-hybridized carbons (Fsp3) is 0.389. The Morgan fingerprint density at radius 3 is 2.68 bits per heavy atom. The molecule has 114 valence electrons. The van der Waals surface area contributed by atoms with Crippen molar-refractivity contribution in [2.24, 2.45) is 5.92 Å². The summed E-state index contributed by atoms with van der Waals surface area (Å²) in [5, 5.41) is 3.13. The molecule has 2 aliphatic rings. The summed E-state index contributed by atoms with van der Waals surface area (Å²) >= 11 is 0. The average Bonchev–Trinajstić information content (AvgIpc) is 3.11. The molecule has 1 aromatic carbocycles. The van der Waals surface area contributed by atoms with Crippen LogP contribution < -0.4 is 5.32 Å². The number of carbonyl (C=O) groups is 1. The van der Waals surface area contributed by atoms with Crippen molar-refractivity contribution in [3.8, 4) is 11.3 Å². The Balaban J connectivity index is 1.43. The largest absolute Gasteiger partial charge is 0.461 e. The van der Waals surface area contributed by atoms with Gasteiger partial charge in [0, 0.05) is 29.7 Å². The molecule has 0 radical (unpaired) electrons. The van der Waals surface area contributed by atoms with Crippen LogP contribution in [-0.4, -0.2) is 24.7 Å². The molecule has 1 aliphatic heterocycles. The average molecular weight is 297 g/mol. The normalized spacial score (nSPS) is 26.3. The molecular weight excluding hydrogens is 278 g/mol. The number of fused-ring (bicyclic) bond motifs is 1. The van der Waals surface area contributed by atoms with E-state index in [1.807, 2.05) is 43.3 Å². The number of hydrogen-bond donors (Lipinski definition) is 1. The lowest BCUT2D eigenvalue weighted by Gasteiger charge is -2.39. The van der Waals surface area contributed by atoms with Gasteiger partial charge in [0.05, 0.1) is 6.10 Å². The van der Waals surface area contributed by atoms with E-state index in [1.54, 1.807) is 0 Å². The van der Waals surface area contributed by atoms with E-state index in [0.29, 0.717) is 17.6 Å². The van der Waals surface area contributed by atoms with Gasteiger partial charge < -0.3 is 14.5 Å². The number of hydrogen-bond acceptors (Lipinski definition) is 3. The van der Waals surface area contributed by atoms with Crippen LogP contribution >= 0.6 is 0 Å². The topological polar surface area (TPSA) is 51.5 Å². The second kappa shape index (κ2) is 5.29. The van der Waals surface area contributed by atoms with Crippen LogP contribution in [0.15, 0.2) is 40.8 Å². The van der Waals surface area contributed by atoms with E-state index in [2.05, 4.69) is 5.32 Å². The van der Waals surface area contributed by atoms with Crippen molar-refractivity contribution in [2.75, 3.05) is 6.61 Å². The zero-order valence-electron chi connectivity index (χ0n) is 12.5. The maximum atomic E-state index is 12.3. The number of ether oxygens (including phenoxy) is 1. The fourth-order valence-corrected chi connectivity index (χ4v) is 3.39. The second-order valence-electron chi connectivity index (χ2n) is 6.17. The van der Waals surface area contributed by atoms with Gasteiger partial charge in [-0.15, -0.1) is 0 Å². The first-order valence-electron chi connectivity index (χ1n) is 7.80. The molecule has 1 aromatic heterocycles. The van der Waals surface area contributed by atoms with E-state index in [1.165, 1.54) is 0 Å². The number of benzene rings is 1. The van der Waals surface area contributed by atoms with Crippen LogP contribution in [0.5, 0.6) is 0 Å². The van der Waals surface area contributed by atoms with Crippen LogP contribution in [0.25, 0.3) is 11.3 Å². The van der Waals surface area contributed by atoms with Gasteiger partial charge in [0.15, 0.2) is 0 Å². The van der Waals surface area contributed by atoms with Crippen molar-refractivity contribution in [1.82, 2.24) is 5.32 Å². The Bertz CT molecular complexity index is 689. The maximum absolute atomic E-state index is 12.3. The predicted octanol–water partition coefficient (Wildman–Crippen LogP) is 3.16. The lowest BCUT2D eigenvalue weighted by atomic mass is 9.76. The van der Waals surface area contributed by atoms with Crippen LogP contribution in [0.3, 0.4) is 0 Å². The fourth-order valence-electron chi connectivity index (χ4n) is 3.39. The molecule has 4 nitrogen and oxygen atoms in total. The molecule has 1 saturated heterocycles. The molecule has 4 heteroatoms. The predicted molar refractivity (Wildman–Crippen MR) is 82.6 cm³/mol. The lowest BCUT2D eigenvalue weighted by molar-refractivity contribution is 0.00810. The molecule has 0 unspecified atom stereocenters. The molecule has 1 N–H and O–H groups in total. The summed E-state index contributed by atoms with van der Waals surface area (Å²) in [6, 6.07) is 11.7. The number of furan rings is 1. The Morgan fingerprint density at radius 2 is 2.00 bits per heavy atom. The Kier molecular flexibility index (Phi) is 3.26. The van der Waals surface area contributed by atoms with Gasteiger partial charge in [-0.25, -0.2) is 0 Å². The van der Waals surface area contributed by atoms with Crippen LogP contribution in [-0.2, 0) is 4.74 Å². The summed E-state index contributed by atoms with van der Waals surface area (Å²) in [5.74, 6) is 2.22.